The predicted molar refractivity (Wildman–Crippen MR) is 54.3 cm³/mol. The highest BCUT2D eigenvalue weighted by Gasteiger charge is 2.27. The van der Waals surface area contributed by atoms with Gasteiger partial charge in [-0.1, -0.05) is 12.1 Å². The maximum atomic E-state index is 11.3. The van der Waals surface area contributed by atoms with E-state index in [1.165, 1.54) is 18.2 Å². The Balaban J connectivity index is 2.26. The molecule has 3 nitrogen and oxygen atoms in total. The third kappa shape index (κ3) is 1.35. The Kier molecular flexibility index (Phi) is 2.15. The summed E-state index contributed by atoms with van der Waals surface area (Å²) in [6, 6.07) is 5.82. The number of anilines is 1. The van der Waals surface area contributed by atoms with Gasteiger partial charge in [-0.05, 0) is 24.1 Å². The van der Waals surface area contributed by atoms with Crippen molar-refractivity contribution in [2.24, 2.45) is 0 Å². The van der Waals surface area contributed by atoms with Crippen molar-refractivity contribution in [3.05, 3.63) is 29.3 Å². The van der Waals surface area contributed by atoms with E-state index in [0.717, 1.165) is 12.1 Å². The van der Waals surface area contributed by atoms with E-state index >= 15 is 0 Å². The number of methoxy groups -OCH3 is 1. The Morgan fingerprint density at radius 1 is 1.57 bits per heavy atom. The van der Waals surface area contributed by atoms with Crippen molar-refractivity contribution in [2.45, 2.75) is 19.4 Å². The van der Waals surface area contributed by atoms with Crippen LogP contribution in [0.2, 0.25) is 0 Å². The minimum Gasteiger partial charge on any atom is -0.467 e. The molecule has 1 unspecified atom stereocenters. The van der Waals surface area contributed by atoms with Crippen molar-refractivity contribution in [2.75, 3.05) is 12.4 Å². The van der Waals surface area contributed by atoms with Crippen molar-refractivity contribution in [1.29, 1.82) is 0 Å². The number of fused-ring (bicyclic) bond motifs is 1. The van der Waals surface area contributed by atoms with Crippen LogP contribution in [0.3, 0.4) is 0 Å². The maximum absolute atomic E-state index is 11.3. The van der Waals surface area contributed by atoms with Crippen molar-refractivity contribution in [3.8, 4) is 0 Å². The summed E-state index contributed by atoms with van der Waals surface area (Å²) in [5, 5.41) is 3.15. The fraction of sp³-hybridized carbons (Fsp3) is 0.364. The van der Waals surface area contributed by atoms with Crippen LogP contribution in [0.1, 0.15) is 11.1 Å². The molecule has 1 aliphatic rings. The molecule has 74 valence electrons. The quantitative estimate of drug-likeness (QED) is 0.684. The highest BCUT2D eigenvalue weighted by molar-refractivity contribution is 5.83. The molecule has 0 aromatic heterocycles. The van der Waals surface area contributed by atoms with E-state index in [-0.39, 0.29) is 12.0 Å². The van der Waals surface area contributed by atoms with Crippen LogP contribution in [0, 0.1) is 6.92 Å². The zero-order valence-corrected chi connectivity index (χ0v) is 8.33. The highest BCUT2D eigenvalue weighted by atomic mass is 16.5. The first-order valence-electron chi connectivity index (χ1n) is 4.65. The van der Waals surface area contributed by atoms with Crippen molar-refractivity contribution in [1.82, 2.24) is 0 Å². The molecular formula is C11H13NO2. The molecule has 0 spiro atoms. The molecule has 0 amide bonds. The van der Waals surface area contributed by atoms with Gasteiger partial charge in [-0.3, -0.25) is 0 Å². The van der Waals surface area contributed by atoms with Gasteiger partial charge in [0.2, 0.25) is 0 Å². The standard InChI is InChI=1S/C11H13NO2/c1-7-4-3-5-9-8(7)6-10(12-9)11(13)14-2/h3-5,10,12H,6H2,1-2H3. The van der Waals surface area contributed by atoms with Crippen LogP contribution in [0.4, 0.5) is 5.69 Å². The molecule has 1 heterocycles. The molecule has 0 fully saturated rings. The average molecular weight is 191 g/mol. The van der Waals surface area contributed by atoms with E-state index in [2.05, 4.69) is 18.3 Å². The zero-order chi connectivity index (χ0) is 10.1. The molecule has 0 radical (unpaired) electrons. The highest BCUT2D eigenvalue weighted by Crippen LogP contribution is 2.28. The SMILES string of the molecule is COC(=O)C1Cc2c(C)cccc2N1. The molecule has 0 aliphatic carbocycles. The molecule has 1 atom stereocenters. The molecule has 0 bridgehead atoms. The monoisotopic (exact) mass is 191 g/mol. The number of esters is 1. The van der Waals surface area contributed by atoms with Crippen molar-refractivity contribution >= 4 is 11.7 Å². The zero-order valence-electron chi connectivity index (χ0n) is 8.33. The van der Waals surface area contributed by atoms with E-state index in [4.69, 9.17) is 4.74 Å². The Morgan fingerprint density at radius 2 is 2.36 bits per heavy atom. The number of ether oxygens (including phenoxy) is 1. The van der Waals surface area contributed by atoms with Gasteiger partial charge in [0.15, 0.2) is 0 Å². The Labute approximate surface area is 83.1 Å². The number of hydrogen-bond acceptors (Lipinski definition) is 3. The molecule has 0 saturated heterocycles. The fourth-order valence-electron chi connectivity index (χ4n) is 1.84. The number of aryl methyl sites for hydroxylation is 1. The normalized spacial score (nSPS) is 18.6. The third-order valence-corrected chi connectivity index (χ3v) is 2.63. The van der Waals surface area contributed by atoms with E-state index in [1.807, 2.05) is 12.1 Å². The van der Waals surface area contributed by atoms with Crippen LogP contribution in [0.5, 0.6) is 0 Å². The number of carbonyl (C=O) groups excluding carboxylic acids is 1. The van der Waals surface area contributed by atoms with Crippen LogP contribution in [-0.4, -0.2) is 19.1 Å². The minimum absolute atomic E-state index is 0.194. The molecule has 1 aliphatic heterocycles. The summed E-state index contributed by atoms with van der Waals surface area (Å²) in [6.45, 7) is 2.06. The van der Waals surface area contributed by atoms with Gasteiger partial charge in [0.1, 0.15) is 6.04 Å². The van der Waals surface area contributed by atoms with Gasteiger partial charge in [0, 0.05) is 12.1 Å². The van der Waals surface area contributed by atoms with E-state index in [1.54, 1.807) is 0 Å². The van der Waals surface area contributed by atoms with Gasteiger partial charge >= 0.3 is 5.97 Å². The summed E-state index contributed by atoms with van der Waals surface area (Å²) < 4.78 is 4.70. The second-order valence-electron chi connectivity index (χ2n) is 3.53. The Morgan fingerprint density at radius 3 is 3.00 bits per heavy atom. The molecule has 1 aromatic rings. The summed E-state index contributed by atoms with van der Waals surface area (Å²) in [4.78, 5) is 11.3. The van der Waals surface area contributed by atoms with Crippen LogP contribution >= 0.6 is 0 Å². The number of benzene rings is 1. The minimum atomic E-state index is -0.212. The lowest BCUT2D eigenvalue weighted by Gasteiger charge is -2.07. The Hall–Kier alpha value is -1.51. The first-order chi connectivity index (χ1) is 6.72. The molecule has 1 N–H and O–H groups in total. The first kappa shape index (κ1) is 9.06. The van der Waals surface area contributed by atoms with Gasteiger partial charge in [0.05, 0.1) is 7.11 Å². The lowest BCUT2D eigenvalue weighted by atomic mass is 10.0. The Bertz CT molecular complexity index is 374. The lowest BCUT2D eigenvalue weighted by Crippen LogP contribution is -2.27. The van der Waals surface area contributed by atoms with Crippen LogP contribution < -0.4 is 5.32 Å². The molecule has 0 saturated carbocycles. The lowest BCUT2D eigenvalue weighted by molar-refractivity contribution is -0.141. The number of rotatable bonds is 1. The summed E-state index contributed by atoms with van der Waals surface area (Å²) in [5.41, 5.74) is 3.50. The summed E-state index contributed by atoms with van der Waals surface area (Å²) in [6.07, 6.45) is 0.731. The first-order valence-corrected chi connectivity index (χ1v) is 4.65. The molecule has 3 heteroatoms. The van der Waals surface area contributed by atoms with E-state index in [0.29, 0.717) is 0 Å². The van der Waals surface area contributed by atoms with Gasteiger partial charge in [0.25, 0.3) is 0 Å². The van der Waals surface area contributed by atoms with E-state index in [9.17, 15) is 4.79 Å². The van der Waals surface area contributed by atoms with Crippen LogP contribution in [-0.2, 0) is 16.0 Å². The number of carbonyl (C=O) groups is 1. The second-order valence-corrected chi connectivity index (χ2v) is 3.53. The number of hydrogen-bond donors (Lipinski definition) is 1. The largest absolute Gasteiger partial charge is 0.467 e. The third-order valence-electron chi connectivity index (χ3n) is 2.63. The number of nitrogens with one attached hydrogen (secondary N) is 1. The van der Waals surface area contributed by atoms with Crippen LogP contribution in [0.15, 0.2) is 18.2 Å². The van der Waals surface area contributed by atoms with E-state index < -0.39 is 0 Å². The predicted octanol–water partition coefficient (Wildman–Crippen LogP) is 1.50. The van der Waals surface area contributed by atoms with Crippen molar-refractivity contribution < 1.29 is 9.53 Å². The van der Waals surface area contributed by atoms with Crippen LogP contribution in [0.25, 0.3) is 0 Å². The summed E-state index contributed by atoms with van der Waals surface area (Å²) in [5.74, 6) is -0.194. The average Bonchev–Trinajstić information content (AvgIpc) is 2.62. The van der Waals surface area contributed by atoms with Crippen molar-refractivity contribution in [3.63, 3.8) is 0 Å². The van der Waals surface area contributed by atoms with Gasteiger partial charge in [-0.2, -0.15) is 0 Å². The topological polar surface area (TPSA) is 38.3 Å². The molecule has 2 rings (SSSR count). The van der Waals surface area contributed by atoms with Gasteiger partial charge < -0.3 is 10.1 Å². The fourth-order valence-corrected chi connectivity index (χ4v) is 1.84. The summed E-state index contributed by atoms with van der Waals surface area (Å²) >= 11 is 0. The maximum Gasteiger partial charge on any atom is 0.328 e. The molecule has 1 aromatic carbocycles. The second kappa shape index (κ2) is 3.33. The summed E-state index contributed by atoms with van der Waals surface area (Å²) in [7, 11) is 1.42. The molecular weight excluding hydrogens is 178 g/mol. The van der Waals surface area contributed by atoms with Gasteiger partial charge in [-0.25, -0.2) is 4.79 Å². The van der Waals surface area contributed by atoms with Gasteiger partial charge in [-0.15, -0.1) is 0 Å². The molecule has 14 heavy (non-hydrogen) atoms. The smallest absolute Gasteiger partial charge is 0.328 e.